The van der Waals surface area contributed by atoms with Crippen LogP contribution >= 0.6 is 0 Å². The molecule has 2 heterocycles. The number of nitrogens with zero attached hydrogens (tertiary/aromatic N) is 3. The number of carbonyl (C=O) groups excluding carboxylic acids is 1. The first-order chi connectivity index (χ1) is 14.0. The number of primary amides is 1. The number of carbonyl (C=O) groups is 1. The van der Waals surface area contributed by atoms with Crippen LogP contribution in [-0.4, -0.2) is 82.4 Å². The highest BCUT2D eigenvalue weighted by Crippen LogP contribution is 2.43. The molecule has 0 unspecified atom stereocenters. The standard InChI is InChI=1S/C17H18N4O9/c1-29-9-5-2-8(3-6-9)4-7-10-19-13(12(18)22)21(20-10)15-17(27,28)16(25,26)11(30-15)14(23)24/h2-3,5-6,11,14-15,23-28H,1H3,(H2,18,22)/t11-,15-/m1/s1. The molecule has 1 amide bonds. The second-order valence-electron chi connectivity index (χ2n) is 6.32. The summed E-state index contributed by atoms with van der Waals surface area (Å²) in [5.41, 5.74) is 5.76. The molecule has 1 saturated heterocycles. The first-order valence-corrected chi connectivity index (χ1v) is 8.32. The number of hydrogen-bond donors (Lipinski definition) is 7. The molecular weight excluding hydrogens is 404 g/mol. The van der Waals surface area contributed by atoms with E-state index in [1.807, 2.05) is 0 Å². The first-order valence-electron chi connectivity index (χ1n) is 8.32. The van der Waals surface area contributed by atoms with Crippen molar-refractivity contribution in [3.8, 4) is 17.6 Å². The number of methoxy groups -OCH3 is 1. The number of nitrogens with two attached hydrogens (primary N) is 1. The molecule has 160 valence electrons. The topological polar surface area (TPSA) is 214 Å². The van der Waals surface area contributed by atoms with E-state index in [9.17, 15) is 35.4 Å². The number of hydrogen-bond acceptors (Lipinski definition) is 11. The van der Waals surface area contributed by atoms with Crippen LogP contribution in [0.3, 0.4) is 0 Å². The molecular formula is C17H18N4O9. The van der Waals surface area contributed by atoms with Crippen LogP contribution in [0.5, 0.6) is 5.75 Å². The van der Waals surface area contributed by atoms with E-state index in [-0.39, 0.29) is 5.82 Å². The summed E-state index contributed by atoms with van der Waals surface area (Å²) in [6.07, 6.45) is -6.99. The third-order valence-electron chi connectivity index (χ3n) is 4.31. The van der Waals surface area contributed by atoms with Gasteiger partial charge in [-0.3, -0.25) is 4.79 Å². The summed E-state index contributed by atoms with van der Waals surface area (Å²) in [5, 5.41) is 62.4. The minimum Gasteiger partial charge on any atom is -0.497 e. The van der Waals surface area contributed by atoms with Crippen LogP contribution in [0.1, 0.15) is 28.2 Å². The molecule has 0 bridgehead atoms. The number of aliphatic hydroxyl groups is 6. The highest BCUT2D eigenvalue weighted by molar-refractivity contribution is 5.89. The van der Waals surface area contributed by atoms with Crippen molar-refractivity contribution in [3.05, 3.63) is 41.5 Å². The number of aliphatic hydroxyl groups excluding tert-OH is 1. The van der Waals surface area contributed by atoms with Crippen LogP contribution in [0.15, 0.2) is 24.3 Å². The maximum Gasteiger partial charge on any atom is 0.286 e. The summed E-state index contributed by atoms with van der Waals surface area (Å²) in [4.78, 5) is 15.5. The van der Waals surface area contributed by atoms with Gasteiger partial charge in [-0.25, -0.2) is 4.68 Å². The molecule has 13 heteroatoms. The summed E-state index contributed by atoms with van der Waals surface area (Å²) in [6, 6.07) is 6.60. The molecule has 1 fully saturated rings. The molecule has 0 radical (unpaired) electrons. The smallest absolute Gasteiger partial charge is 0.286 e. The molecule has 1 aromatic heterocycles. The second-order valence-corrected chi connectivity index (χ2v) is 6.32. The quantitative estimate of drug-likeness (QED) is 0.188. The van der Waals surface area contributed by atoms with Gasteiger partial charge >= 0.3 is 0 Å². The third kappa shape index (κ3) is 3.60. The Balaban J connectivity index is 1.99. The number of ether oxygens (including phenoxy) is 2. The number of amides is 1. The van der Waals surface area contributed by atoms with Gasteiger partial charge < -0.3 is 45.8 Å². The lowest BCUT2D eigenvalue weighted by Gasteiger charge is -2.31. The van der Waals surface area contributed by atoms with Crippen LogP contribution in [0.25, 0.3) is 0 Å². The SMILES string of the molecule is COc1ccc(C#Cc2nc(C(N)=O)n([C@@H]3O[C@H](C(O)O)C(O)(O)C3(O)O)n2)cc1. The fourth-order valence-corrected chi connectivity index (χ4v) is 2.74. The van der Waals surface area contributed by atoms with Gasteiger partial charge in [0.15, 0.2) is 12.4 Å². The predicted molar refractivity (Wildman–Crippen MR) is 94.0 cm³/mol. The van der Waals surface area contributed by atoms with Crippen LogP contribution in [-0.2, 0) is 4.74 Å². The average molecular weight is 422 g/mol. The summed E-state index contributed by atoms with van der Waals surface area (Å²) in [5.74, 6) is -3.33. The van der Waals surface area contributed by atoms with E-state index in [0.717, 1.165) is 0 Å². The lowest BCUT2D eigenvalue weighted by atomic mass is 10.0. The highest BCUT2D eigenvalue weighted by atomic mass is 16.7. The van der Waals surface area contributed by atoms with Crippen molar-refractivity contribution >= 4 is 5.91 Å². The van der Waals surface area contributed by atoms with Gasteiger partial charge in [0.1, 0.15) is 5.75 Å². The molecule has 8 N–H and O–H groups in total. The Morgan fingerprint density at radius 2 is 1.83 bits per heavy atom. The van der Waals surface area contributed by atoms with Gasteiger partial charge in [0.05, 0.1) is 7.11 Å². The van der Waals surface area contributed by atoms with Crippen LogP contribution in [0, 0.1) is 11.8 Å². The summed E-state index contributed by atoms with van der Waals surface area (Å²) < 4.78 is 10.4. The summed E-state index contributed by atoms with van der Waals surface area (Å²) in [7, 11) is 1.50. The average Bonchev–Trinajstić information content (AvgIpc) is 3.17. The zero-order valence-corrected chi connectivity index (χ0v) is 15.4. The number of aromatic nitrogens is 3. The molecule has 0 spiro atoms. The molecule has 2 atom stereocenters. The van der Waals surface area contributed by atoms with E-state index in [1.165, 1.54) is 7.11 Å². The maximum atomic E-state index is 11.7. The third-order valence-corrected chi connectivity index (χ3v) is 4.31. The van der Waals surface area contributed by atoms with Crippen molar-refractivity contribution in [2.24, 2.45) is 5.73 Å². The van der Waals surface area contributed by atoms with Gasteiger partial charge in [-0.15, -0.1) is 5.10 Å². The molecule has 1 aromatic carbocycles. The zero-order chi connectivity index (χ0) is 22.3. The second kappa shape index (κ2) is 7.63. The fourth-order valence-electron chi connectivity index (χ4n) is 2.74. The Bertz CT molecular complexity index is 1000. The zero-order valence-electron chi connectivity index (χ0n) is 15.4. The van der Waals surface area contributed by atoms with Gasteiger partial charge in [0.25, 0.3) is 17.5 Å². The molecule has 0 aliphatic carbocycles. The predicted octanol–water partition coefficient (Wildman–Crippen LogP) is -3.64. The van der Waals surface area contributed by atoms with E-state index in [0.29, 0.717) is 16.0 Å². The van der Waals surface area contributed by atoms with Crippen molar-refractivity contribution in [2.45, 2.75) is 30.2 Å². The minimum atomic E-state index is -3.54. The molecule has 2 aromatic rings. The molecule has 30 heavy (non-hydrogen) atoms. The van der Waals surface area contributed by atoms with Gasteiger partial charge in [-0.1, -0.05) is 5.92 Å². The molecule has 0 saturated carbocycles. The molecule has 13 nitrogen and oxygen atoms in total. The van der Waals surface area contributed by atoms with Crippen molar-refractivity contribution in [1.82, 2.24) is 14.8 Å². The van der Waals surface area contributed by atoms with Crippen LogP contribution in [0.4, 0.5) is 0 Å². The summed E-state index contributed by atoms with van der Waals surface area (Å²) >= 11 is 0. The lowest BCUT2D eigenvalue weighted by Crippen LogP contribution is -2.60. The van der Waals surface area contributed by atoms with Crippen LogP contribution in [0.2, 0.25) is 0 Å². The van der Waals surface area contributed by atoms with Crippen molar-refractivity contribution in [3.63, 3.8) is 0 Å². The van der Waals surface area contributed by atoms with Crippen molar-refractivity contribution < 1.29 is 44.9 Å². The van der Waals surface area contributed by atoms with E-state index in [2.05, 4.69) is 21.9 Å². The molecule has 1 aliphatic rings. The lowest BCUT2D eigenvalue weighted by molar-refractivity contribution is -0.363. The van der Waals surface area contributed by atoms with Gasteiger partial charge in [-0.05, 0) is 30.2 Å². The monoisotopic (exact) mass is 422 g/mol. The Labute approximate surface area is 168 Å². The van der Waals surface area contributed by atoms with Gasteiger partial charge in [0.2, 0.25) is 17.9 Å². The van der Waals surface area contributed by atoms with E-state index >= 15 is 0 Å². The Morgan fingerprint density at radius 3 is 2.33 bits per heavy atom. The Hall–Kier alpha value is -3.09. The largest absolute Gasteiger partial charge is 0.497 e. The van der Waals surface area contributed by atoms with E-state index < -0.39 is 41.9 Å². The minimum absolute atomic E-state index is 0.284. The van der Waals surface area contributed by atoms with Gasteiger partial charge in [-0.2, -0.15) is 4.98 Å². The van der Waals surface area contributed by atoms with E-state index in [1.54, 1.807) is 24.3 Å². The first kappa shape index (κ1) is 21.6. The van der Waals surface area contributed by atoms with E-state index in [4.69, 9.17) is 15.2 Å². The van der Waals surface area contributed by atoms with Gasteiger partial charge in [0, 0.05) is 5.56 Å². The fraction of sp³-hybridized carbons (Fsp3) is 0.353. The van der Waals surface area contributed by atoms with Crippen LogP contribution < -0.4 is 10.5 Å². The van der Waals surface area contributed by atoms with Crippen molar-refractivity contribution in [2.75, 3.05) is 7.11 Å². The Morgan fingerprint density at radius 1 is 1.20 bits per heavy atom. The van der Waals surface area contributed by atoms with Crippen molar-refractivity contribution in [1.29, 1.82) is 0 Å². The Kier molecular flexibility index (Phi) is 5.50. The number of rotatable bonds is 4. The molecule has 1 aliphatic heterocycles. The summed E-state index contributed by atoms with van der Waals surface area (Å²) in [6.45, 7) is 0. The maximum absolute atomic E-state index is 11.7. The normalized spacial score (nSPS) is 21.9. The number of benzene rings is 1. The molecule has 3 rings (SSSR count). The highest BCUT2D eigenvalue weighted by Gasteiger charge is 2.69.